The van der Waals surface area contributed by atoms with Crippen LogP contribution in [0.25, 0.3) is 0 Å². The Morgan fingerprint density at radius 2 is 1.75 bits per heavy atom. The van der Waals surface area contributed by atoms with Crippen LogP contribution >= 0.6 is 0 Å². The summed E-state index contributed by atoms with van der Waals surface area (Å²) >= 11 is 0. The van der Waals surface area contributed by atoms with Crippen LogP contribution in [0, 0.1) is 5.92 Å². The van der Waals surface area contributed by atoms with E-state index in [1.54, 1.807) is 6.92 Å². The number of halogens is 3. The highest BCUT2D eigenvalue weighted by atomic mass is 19.4. The largest absolute Gasteiger partial charge is 0.391 e. The number of nitrogens with one attached hydrogen (secondary N) is 1. The number of rotatable bonds is 3. The monoisotopic (exact) mass is 287 g/mol. The van der Waals surface area contributed by atoms with Crippen molar-refractivity contribution in [2.75, 3.05) is 5.32 Å². The highest BCUT2D eigenvalue weighted by Gasteiger charge is 2.41. The maximum Gasteiger partial charge on any atom is 0.391 e. The zero-order valence-corrected chi connectivity index (χ0v) is 11.5. The van der Waals surface area contributed by atoms with Gasteiger partial charge in [0.1, 0.15) is 0 Å². The lowest BCUT2D eigenvalue weighted by atomic mass is 9.85. The van der Waals surface area contributed by atoms with Crippen molar-refractivity contribution in [1.82, 2.24) is 0 Å². The van der Waals surface area contributed by atoms with E-state index >= 15 is 0 Å². The summed E-state index contributed by atoms with van der Waals surface area (Å²) in [5.74, 6) is -1.16. The van der Waals surface area contributed by atoms with Gasteiger partial charge in [-0.2, -0.15) is 13.2 Å². The topological polar surface area (TPSA) is 32.3 Å². The van der Waals surface area contributed by atoms with E-state index in [1.807, 2.05) is 24.3 Å². The Labute approximate surface area is 117 Å². The number of aliphatic hydroxyl groups excluding tert-OH is 1. The number of para-hydroxylation sites is 1. The second-order valence-electron chi connectivity index (χ2n) is 5.50. The molecule has 0 amide bonds. The molecule has 2 nitrogen and oxygen atoms in total. The van der Waals surface area contributed by atoms with Gasteiger partial charge in [-0.1, -0.05) is 18.2 Å². The molecule has 2 N–H and O–H groups in total. The smallest absolute Gasteiger partial charge is 0.389 e. The third kappa shape index (κ3) is 3.66. The van der Waals surface area contributed by atoms with E-state index in [9.17, 15) is 18.3 Å². The Hall–Kier alpha value is -1.23. The average molecular weight is 287 g/mol. The number of benzene rings is 1. The first kappa shape index (κ1) is 15.2. The van der Waals surface area contributed by atoms with Gasteiger partial charge in [0.15, 0.2) is 0 Å². The lowest BCUT2D eigenvalue weighted by molar-refractivity contribution is -0.182. The third-order valence-electron chi connectivity index (χ3n) is 3.96. The number of alkyl halides is 3. The molecule has 5 heteroatoms. The van der Waals surface area contributed by atoms with Crippen molar-refractivity contribution >= 4 is 5.69 Å². The van der Waals surface area contributed by atoms with Crippen molar-refractivity contribution in [2.24, 2.45) is 5.92 Å². The van der Waals surface area contributed by atoms with Crippen molar-refractivity contribution in [1.29, 1.82) is 0 Å². The van der Waals surface area contributed by atoms with Crippen molar-refractivity contribution in [3.8, 4) is 0 Å². The van der Waals surface area contributed by atoms with Crippen LogP contribution in [-0.2, 0) is 0 Å². The molecule has 1 fully saturated rings. The molecule has 0 heterocycles. The molecule has 0 saturated heterocycles. The molecule has 20 heavy (non-hydrogen) atoms. The van der Waals surface area contributed by atoms with Crippen LogP contribution in [0.4, 0.5) is 18.9 Å². The number of hydrogen-bond acceptors (Lipinski definition) is 2. The summed E-state index contributed by atoms with van der Waals surface area (Å²) in [6.45, 7) is 1.68. The molecule has 0 radical (unpaired) electrons. The fraction of sp³-hybridized carbons (Fsp3) is 0.600. The quantitative estimate of drug-likeness (QED) is 0.870. The molecule has 1 aromatic rings. The molecule has 1 saturated carbocycles. The predicted octanol–water partition coefficient (Wildman–Crippen LogP) is 4.27. The van der Waals surface area contributed by atoms with Gasteiger partial charge in [0.2, 0.25) is 0 Å². The summed E-state index contributed by atoms with van der Waals surface area (Å²) in [5, 5.41) is 13.0. The van der Waals surface area contributed by atoms with Crippen LogP contribution in [0.2, 0.25) is 0 Å². The Morgan fingerprint density at radius 3 is 2.30 bits per heavy atom. The second-order valence-corrected chi connectivity index (χ2v) is 5.50. The maximum absolute atomic E-state index is 12.6. The van der Waals surface area contributed by atoms with Crippen LogP contribution in [0.1, 0.15) is 44.3 Å². The van der Waals surface area contributed by atoms with Gasteiger partial charge < -0.3 is 10.4 Å². The minimum Gasteiger partial charge on any atom is -0.389 e. The zero-order chi connectivity index (χ0) is 14.8. The number of anilines is 1. The van der Waals surface area contributed by atoms with E-state index in [-0.39, 0.29) is 18.9 Å². The molecule has 1 aliphatic rings. The van der Waals surface area contributed by atoms with E-state index < -0.39 is 18.2 Å². The van der Waals surface area contributed by atoms with E-state index in [0.717, 1.165) is 11.3 Å². The molecular formula is C15H20F3NO. The Balaban J connectivity index is 1.96. The van der Waals surface area contributed by atoms with Gasteiger partial charge in [-0.3, -0.25) is 0 Å². The number of hydrogen-bond donors (Lipinski definition) is 2. The van der Waals surface area contributed by atoms with Crippen molar-refractivity contribution in [3.05, 3.63) is 29.8 Å². The van der Waals surface area contributed by atoms with E-state index in [1.165, 1.54) is 0 Å². The number of aliphatic hydroxyl groups is 1. The Morgan fingerprint density at radius 1 is 1.15 bits per heavy atom. The average Bonchev–Trinajstić information content (AvgIpc) is 2.38. The van der Waals surface area contributed by atoms with Crippen molar-refractivity contribution in [2.45, 2.75) is 50.9 Å². The molecule has 112 valence electrons. The molecule has 0 spiro atoms. The van der Waals surface area contributed by atoms with Gasteiger partial charge in [-0.25, -0.2) is 0 Å². The molecule has 1 unspecified atom stereocenters. The van der Waals surface area contributed by atoms with Crippen LogP contribution in [-0.4, -0.2) is 17.3 Å². The first-order valence-corrected chi connectivity index (χ1v) is 6.98. The molecular weight excluding hydrogens is 267 g/mol. The van der Waals surface area contributed by atoms with Gasteiger partial charge in [0.25, 0.3) is 0 Å². The standard InChI is InChI=1S/C15H20F3NO/c1-10(20)13-4-2-3-5-14(13)19-12-8-6-11(7-9-12)15(16,17)18/h2-5,10-12,19-20H,6-9H2,1H3. The maximum atomic E-state index is 12.6. The molecule has 2 rings (SSSR count). The summed E-state index contributed by atoms with van der Waals surface area (Å²) in [4.78, 5) is 0. The summed E-state index contributed by atoms with van der Waals surface area (Å²) in [6.07, 6.45) is -3.28. The molecule has 1 atom stereocenters. The SMILES string of the molecule is CC(O)c1ccccc1NC1CCC(C(F)(F)F)CC1. The third-order valence-corrected chi connectivity index (χ3v) is 3.96. The van der Waals surface area contributed by atoms with Gasteiger partial charge in [-0.05, 0) is 38.7 Å². The molecule has 1 aromatic carbocycles. The first-order valence-electron chi connectivity index (χ1n) is 6.98. The highest BCUT2D eigenvalue weighted by molar-refractivity contribution is 5.52. The fourth-order valence-electron chi connectivity index (χ4n) is 2.78. The van der Waals surface area contributed by atoms with Gasteiger partial charge in [-0.15, -0.1) is 0 Å². The molecule has 0 aromatic heterocycles. The van der Waals surface area contributed by atoms with Crippen LogP contribution in [0.5, 0.6) is 0 Å². The van der Waals surface area contributed by atoms with E-state index in [2.05, 4.69) is 5.32 Å². The summed E-state index contributed by atoms with van der Waals surface area (Å²) in [5.41, 5.74) is 1.60. The fourth-order valence-corrected chi connectivity index (χ4v) is 2.78. The minimum atomic E-state index is -4.07. The van der Waals surface area contributed by atoms with E-state index in [0.29, 0.717) is 12.8 Å². The summed E-state index contributed by atoms with van der Waals surface area (Å²) < 4.78 is 37.8. The minimum absolute atomic E-state index is 0.0495. The highest BCUT2D eigenvalue weighted by Crippen LogP contribution is 2.38. The predicted molar refractivity (Wildman–Crippen MR) is 72.5 cm³/mol. The van der Waals surface area contributed by atoms with Crippen LogP contribution in [0.15, 0.2) is 24.3 Å². The van der Waals surface area contributed by atoms with Gasteiger partial charge >= 0.3 is 6.18 Å². The Bertz CT molecular complexity index is 437. The van der Waals surface area contributed by atoms with Crippen molar-refractivity contribution in [3.63, 3.8) is 0 Å². The van der Waals surface area contributed by atoms with Crippen LogP contribution < -0.4 is 5.32 Å². The molecule has 0 aliphatic heterocycles. The van der Waals surface area contributed by atoms with Gasteiger partial charge in [0.05, 0.1) is 12.0 Å². The Kier molecular flexibility index (Phi) is 4.58. The zero-order valence-electron chi connectivity index (χ0n) is 11.5. The first-order chi connectivity index (χ1) is 9.38. The normalized spacial score (nSPS) is 25.2. The lowest BCUT2D eigenvalue weighted by Crippen LogP contribution is -2.33. The van der Waals surface area contributed by atoms with Crippen LogP contribution in [0.3, 0.4) is 0 Å². The lowest BCUT2D eigenvalue weighted by Gasteiger charge is -2.31. The summed E-state index contributed by atoms with van der Waals surface area (Å²) in [7, 11) is 0. The second kappa shape index (κ2) is 6.04. The molecule has 0 bridgehead atoms. The van der Waals surface area contributed by atoms with E-state index in [4.69, 9.17) is 0 Å². The van der Waals surface area contributed by atoms with Crippen molar-refractivity contribution < 1.29 is 18.3 Å². The summed E-state index contributed by atoms with van der Waals surface area (Å²) in [6, 6.07) is 7.43. The van der Waals surface area contributed by atoms with Gasteiger partial charge in [0, 0.05) is 17.3 Å². The molecule has 1 aliphatic carbocycles.